The lowest BCUT2D eigenvalue weighted by atomic mass is 9.86. The van der Waals surface area contributed by atoms with E-state index in [4.69, 9.17) is 9.47 Å². The highest BCUT2D eigenvalue weighted by molar-refractivity contribution is 7.91. The fraction of sp³-hybridized carbons (Fsp3) is 0.625. The molecule has 2 N–H and O–H groups in total. The smallest absolute Gasteiger partial charge is 0.306 e. The van der Waals surface area contributed by atoms with Crippen LogP contribution in [0.4, 0.5) is 0 Å². The second-order valence-electron chi connectivity index (χ2n) is 16.3. The first kappa shape index (κ1) is 36.0. The summed E-state index contributed by atoms with van der Waals surface area (Å²) in [6, 6.07) is 7.18. The lowest BCUT2D eigenvalue weighted by Crippen LogP contribution is -2.57. The molecular weight excluding hydrogens is 697 g/mol. The van der Waals surface area contributed by atoms with E-state index >= 15 is 0 Å². The van der Waals surface area contributed by atoms with Crippen LogP contribution in [0.25, 0.3) is 10.8 Å². The molecule has 8 rings (SSSR count). The summed E-state index contributed by atoms with van der Waals surface area (Å²) in [4.78, 5) is 62.5. The molecule has 12 nitrogen and oxygen atoms in total. The third kappa shape index (κ3) is 7.29. The first-order valence-electron chi connectivity index (χ1n) is 19.6. The number of aromatic nitrogens is 1. The number of nitrogens with zero attached hydrogens (tertiary/aromatic N) is 2. The molecule has 1 saturated heterocycles. The molecule has 13 heteroatoms. The Morgan fingerprint density at radius 1 is 0.962 bits per heavy atom. The zero-order chi connectivity index (χ0) is 36.9. The molecule has 2 aromatic rings. The van der Waals surface area contributed by atoms with Crippen molar-refractivity contribution >= 4 is 44.5 Å². The summed E-state index contributed by atoms with van der Waals surface area (Å²) in [7, 11) is -3.87. The highest BCUT2D eigenvalue weighted by atomic mass is 32.2. The third-order valence-corrected chi connectivity index (χ3v) is 14.6. The van der Waals surface area contributed by atoms with Crippen LogP contribution >= 0.6 is 0 Å². The van der Waals surface area contributed by atoms with E-state index in [0.29, 0.717) is 18.7 Å². The van der Waals surface area contributed by atoms with Gasteiger partial charge in [0.2, 0.25) is 27.7 Å². The maximum atomic E-state index is 14.8. The number of rotatable bonds is 7. The highest BCUT2D eigenvalue weighted by Crippen LogP contribution is 2.46. The van der Waals surface area contributed by atoms with E-state index in [1.54, 1.807) is 12.3 Å². The molecule has 6 aliphatic rings. The molecule has 0 radical (unpaired) electrons. The number of sulfonamides is 1. The Labute approximate surface area is 310 Å². The van der Waals surface area contributed by atoms with Crippen molar-refractivity contribution in [1.82, 2.24) is 19.9 Å². The summed E-state index contributed by atoms with van der Waals surface area (Å²) in [5, 5.41) is 4.08. The number of hydrogen-bond donors (Lipinski definition) is 2. The molecule has 4 bridgehead atoms. The predicted octanol–water partition coefficient (Wildman–Crippen LogP) is 4.50. The Morgan fingerprint density at radius 2 is 1.74 bits per heavy atom. The van der Waals surface area contributed by atoms with Crippen molar-refractivity contribution in [2.45, 2.75) is 125 Å². The number of esters is 1. The Balaban J connectivity index is 1.12. The summed E-state index contributed by atoms with van der Waals surface area (Å²) < 4.78 is 40.4. The monoisotopic (exact) mass is 746 g/mol. The van der Waals surface area contributed by atoms with Crippen molar-refractivity contribution in [3.05, 3.63) is 48.7 Å². The van der Waals surface area contributed by atoms with E-state index in [1.165, 1.54) is 4.90 Å². The second kappa shape index (κ2) is 14.3. The Hall–Kier alpha value is -4.00. The molecule has 2 aliphatic heterocycles. The zero-order valence-corrected chi connectivity index (χ0v) is 31.0. The van der Waals surface area contributed by atoms with Crippen molar-refractivity contribution in [3.8, 4) is 5.88 Å². The average Bonchev–Trinajstić information content (AvgIpc) is 3.93. The molecule has 1 aromatic heterocycles. The number of benzene rings is 1. The van der Waals surface area contributed by atoms with Crippen LogP contribution in [-0.2, 0) is 40.4 Å². The molecule has 53 heavy (non-hydrogen) atoms. The van der Waals surface area contributed by atoms with E-state index < -0.39 is 56.6 Å². The van der Waals surface area contributed by atoms with Gasteiger partial charge in [0.05, 0.1) is 24.1 Å². The number of fused-ring (bicyclic) bond motifs is 4. The number of ether oxygens (including phenoxy) is 2. The fourth-order valence-electron chi connectivity index (χ4n) is 9.47. The van der Waals surface area contributed by atoms with Gasteiger partial charge in [-0.1, -0.05) is 31.1 Å². The van der Waals surface area contributed by atoms with Crippen molar-refractivity contribution in [2.24, 2.45) is 23.7 Å². The molecule has 3 amide bonds. The first-order valence-corrected chi connectivity index (χ1v) is 21.1. The lowest BCUT2D eigenvalue weighted by Gasteiger charge is -2.32. The van der Waals surface area contributed by atoms with Gasteiger partial charge in [-0.05, 0) is 106 Å². The molecule has 7 atom stereocenters. The van der Waals surface area contributed by atoms with Gasteiger partial charge >= 0.3 is 5.97 Å². The third-order valence-electron chi connectivity index (χ3n) is 12.8. The summed E-state index contributed by atoms with van der Waals surface area (Å²) in [5.74, 6) is -2.52. The van der Waals surface area contributed by atoms with Crippen molar-refractivity contribution < 1.29 is 37.1 Å². The Kier molecular flexibility index (Phi) is 9.74. The molecular formula is C40H50N4O8S. The molecule has 1 aromatic carbocycles. The van der Waals surface area contributed by atoms with E-state index in [0.717, 1.165) is 80.5 Å². The number of amides is 3. The maximum Gasteiger partial charge on any atom is 0.306 e. The minimum Gasteiger partial charge on any atom is -0.472 e. The molecule has 4 saturated carbocycles. The molecule has 1 unspecified atom stereocenters. The van der Waals surface area contributed by atoms with Crippen LogP contribution in [0.1, 0.15) is 95.5 Å². The first-order chi connectivity index (χ1) is 25.5. The number of carbonyl (C=O) groups is 4. The Morgan fingerprint density at radius 3 is 2.49 bits per heavy atom. The predicted molar refractivity (Wildman–Crippen MR) is 196 cm³/mol. The minimum absolute atomic E-state index is 0.0276. The van der Waals surface area contributed by atoms with Crippen LogP contribution < -0.4 is 14.8 Å². The van der Waals surface area contributed by atoms with Crippen LogP contribution in [0.3, 0.4) is 0 Å². The molecule has 3 heterocycles. The number of hydrogen-bond acceptors (Lipinski definition) is 9. The van der Waals surface area contributed by atoms with Crippen molar-refractivity contribution in [3.63, 3.8) is 0 Å². The maximum absolute atomic E-state index is 14.8. The summed E-state index contributed by atoms with van der Waals surface area (Å²) in [5.41, 5.74) is -0.350. The summed E-state index contributed by atoms with van der Waals surface area (Å²) in [6.45, 7) is 3.89. The van der Waals surface area contributed by atoms with E-state index in [2.05, 4.69) is 39.8 Å². The van der Waals surface area contributed by atoms with E-state index in [1.807, 2.05) is 6.07 Å². The van der Waals surface area contributed by atoms with E-state index in [9.17, 15) is 27.6 Å². The number of carbonyl (C=O) groups excluding carboxylic acids is 4. The van der Waals surface area contributed by atoms with Crippen LogP contribution in [0.5, 0.6) is 5.88 Å². The summed E-state index contributed by atoms with van der Waals surface area (Å²) >= 11 is 0. The Bertz CT molecular complexity index is 1910. The lowest BCUT2D eigenvalue weighted by molar-refractivity contribution is -0.156. The largest absolute Gasteiger partial charge is 0.472 e. The normalized spacial score (nSPS) is 32.3. The van der Waals surface area contributed by atoms with Crippen LogP contribution in [0, 0.1) is 23.7 Å². The van der Waals surface area contributed by atoms with E-state index in [-0.39, 0.29) is 55.6 Å². The van der Waals surface area contributed by atoms with Crippen LogP contribution in [0.15, 0.2) is 43.1 Å². The minimum atomic E-state index is -3.87. The average molecular weight is 747 g/mol. The summed E-state index contributed by atoms with van der Waals surface area (Å²) in [6.07, 6.45) is 12.8. The van der Waals surface area contributed by atoms with Gasteiger partial charge in [0.25, 0.3) is 5.91 Å². The molecule has 0 spiro atoms. The molecule has 4 aliphatic carbocycles. The zero-order valence-electron chi connectivity index (χ0n) is 30.2. The van der Waals surface area contributed by atoms with Gasteiger partial charge in [0, 0.05) is 23.9 Å². The number of nitrogens with one attached hydrogen (secondary N) is 2. The van der Waals surface area contributed by atoms with Gasteiger partial charge < -0.3 is 19.7 Å². The van der Waals surface area contributed by atoms with Crippen molar-refractivity contribution in [1.29, 1.82) is 0 Å². The standard InChI is InChI=1S/C40H50N4O8S/c1-2-28-22-40(28,39(48)43-53(49,50)30-15-16-30)42-36(46)33-20-29-23-44(33)38(47)32(25-8-3-4-9-25)21-35(45)52-34-12-6-11-27(34)10-5-7-24-13-14-26-17-18-41-37(51-29)31(26)19-24/h2,13-14,17-19,25,27-30,32-34H,1,3-12,15-16,20-23H2,(H,42,46)(H,43,48)/t27-,28+,29?,32-,33-,34-,40+/m0/s1. The van der Waals surface area contributed by atoms with Crippen LogP contribution in [-0.4, -0.2) is 77.6 Å². The van der Waals surface area contributed by atoms with Gasteiger partial charge in [-0.25, -0.2) is 13.4 Å². The van der Waals surface area contributed by atoms with Gasteiger partial charge in [0.1, 0.15) is 23.8 Å². The molecule has 5 fully saturated rings. The van der Waals surface area contributed by atoms with Gasteiger partial charge in [-0.2, -0.15) is 0 Å². The van der Waals surface area contributed by atoms with Gasteiger partial charge in [-0.15, -0.1) is 6.58 Å². The fourth-order valence-corrected chi connectivity index (χ4v) is 10.8. The van der Waals surface area contributed by atoms with Crippen molar-refractivity contribution in [2.75, 3.05) is 6.54 Å². The highest BCUT2D eigenvalue weighted by Gasteiger charge is 2.62. The number of aryl methyl sites for hydroxylation is 1. The molecule has 284 valence electrons. The quantitative estimate of drug-likeness (QED) is 0.307. The van der Waals surface area contributed by atoms with Gasteiger partial charge in [-0.3, -0.25) is 23.9 Å². The SMILES string of the molecule is C=C[C@@H]1C[C@]1(NC(=O)[C@@H]1CC2CN1C(=O)[C@H](C1CCCC1)CC(=O)O[C@H]1CCC[C@@H]1CCCc1ccc3ccnc(c3c1)O2)C(=O)NS(=O)(=O)C1CC1. The number of pyridine rings is 1. The van der Waals surface area contributed by atoms with Crippen LogP contribution in [0.2, 0.25) is 0 Å². The second-order valence-corrected chi connectivity index (χ2v) is 18.3. The van der Waals surface area contributed by atoms with Gasteiger partial charge in [0.15, 0.2) is 0 Å². The topological polar surface area (TPSA) is 161 Å².